The van der Waals surface area contributed by atoms with E-state index in [2.05, 4.69) is 29.2 Å². The van der Waals surface area contributed by atoms with Gasteiger partial charge in [-0.1, -0.05) is 36.2 Å². The lowest BCUT2D eigenvalue weighted by Gasteiger charge is -2.10. The molecular weight excluding hydrogens is 280 g/mol. The third-order valence-electron chi connectivity index (χ3n) is 4.58. The summed E-state index contributed by atoms with van der Waals surface area (Å²) < 4.78 is 0. The van der Waals surface area contributed by atoms with Gasteiger partial charge in [0.1, 0.15) is 5.15 Å². The molecule has 1 saturated carbocycles. The van der Waals surface area contributed by atoms with Crippen LogP contribution in [0.25, 0.3) is 11.4 Å². The van der Waals surface area contributed by atoms with Gasteiger partial charge in [0, 0.05) is 16.8 Å². The standard InChI is InChI=1S/C18H19ClN2/c19-17-15-7-2-1-3-8-16(15)20-18(21-17)14-6-4-5-13(11-14)12-9-10-12/h4-6,11-12H,1-3,7-10H2. The van der Waals surface area contributed by atoms with Crippen molar-refractivity contribution >= 4 is 11.6 Å². The van der Waals surface area contributed by atoms with E-state index in [1.165, 1.54) is 48.9 Å². The van der Waals surface area contributed by atoms with Crippen LogP contribution >= 0.6 is 11.6 Å². The molecule has 0 spiro atoms. The Bertz CT molecular complexity index is 677. The fourth-order valence-electron chi connectivity index (χ4n) is 3.20. The predicted molar refractivity (Wildman–Crippen MR) is 85.7 cm³/mol. The van der Waals surface area contributed by atoms with Crippen LogP contribution in [-0.2, 0) is 12.8 Å². The molecule has 0 bridgehead atoms. The van der Waals surface area contributed by atoms with Gasteiger partial charge < -0.3 is 0 Å². The van der Waals surface area contributed by atoms with Crippen LogP contribution in [0.1, 0.15) is 54.8 Å². The maximum atomic E-state index is 6.43. The Morgan fingerprint density at radius 2 is 1.86 bits per heavy atom. The Hall–Kier alpha value is -1.41. The van der Waals surface area contributed by atoms with Crippen molar-refractivity contribution in [2.24, 2.45) is 0 Å². The number of rotatable bonds is 2. The molecule has 0 radical (unpaired) electrons. The number of fused-ring (bicyclic) bond motifs is 1. The summed E-state index contributed by atoms with van der Waals surface area (Å²) in [6.45, 7) is 0. The summed E-state index contributed by atoms with van der Waals surface area (Å²) in [7, 11) is 0. The van der Waals surface area contributed by atoms with Crippen LogP contribution < -0.4 is 0 Å². The van der Waals surface area contributed by atoms with E-state index < -0.39 is 0 Å². The maximum absolute atomic E-state index is 6.43. The molecule has 1 aromatic heterocycles. The zero-order valence-electron chi connectivity index (χ0n) is 12.1. The third kappa shape index (κ3) is 2.69. The van der Waals surface area contributed by atoms with Crippen molar-refractivity contribution in [3.8, 4) is 11.4 Å². The summed E-state index contributed by atoms with van der Waals surface area (Å²) >= 11 is 6.43. The Morgan fingerprint density at radius 3 is 2.71 bits per heavy atom. The van der Waals surface area contributed by atoms with Gasteiger partial charge in [-0.3, -0.25) is 0 Å². The molecule has 1 fully saturated rings. The van der Waals surface area contributed by atoms with Gasteiger partial charge in [0.2, 0.25) is 0 Å². The van der Waals surface area contributed by atoms with E-state index in [0.29, 0.717) is 5.15 Å². The van der Waals surface area contributed by atoms with Gasteiger partial charge in [0.25, 0.3) is 0 Å². The van der Waals surface area contributed by atoms with Crippen LogP contribution in [-0.4, -0.2) is 9.97 Å². The van der Waals surface area contributed by atoms with Gasteiger partial charge in [-0.2, -0.15) is 0 Å². The summed E-state index contributed by atoms with van der Waals surface area (Å²) in [6, 6.07) is 8.67. The minimum atomic E-state index is 0.661. The van der Waals surface area contributed by atoms with Crippen LogP contribution in [0.5, 0.6) is 0 Å². The molecule has 3 heteroatoms. The van der Waals surface area contributed by atoms with Crippen molar-refractivity contribution < 1.29 is 0 Å². The highest BCUT2D eigenvalue weighted by Crippen LogP contribution is 2.41. The minimum absolute atomic E-state index is 0.661. The van der Waals surface area contributed by atoms with Crippen molar-refractivity contribution in [2.45, 2.75) is 50.9 Å². The van der Waals surface area contributed by atoms with Crippen molar-refractivity contribution in [2.75, 3.05) is 0 Å². The SMILES string of the molecule is Clc1nc(-c2cccc(C3CC3)c2)nc2c1CCCCC2. The quantitative estimate of drug-likeness (QED) is 0.579. The molecule has 0 unspecified atom stereocenters. The van der Waals surface area contributed by atoms with Gasteiger partial charge >= 0.3 is 0 Å². The first-order chi connectivity index (χ1) is 10.3. The number of hydrogen-bond donors (Lipinski definition) is 0. The molecule has 0 amide bonds. The molecule has 2 aliphatic carbocycles. The van der Waals surface area contributed by atoms with E-state index in [4.69, 9.17) is 16.6 Å². The van der Waals surface area contributed by atoms with E-state index in [1.54, 1.807) is 0 Å². The molecule has 4 rings (SSSR count). The zero-order chi connectivity index (χ0) is 14.2. The van der Waals surface area contributed by atoms with Gasteiger partial charge in [-0.25, -0.2) is 9.97 Å². The maximum Gasteiger partial charge on any atom is 0.161 e. The second kappa shape index (κ2) is 5.42. The first kappa shape index (κ1) is 13.3. The minimum Gasteiger partial charge on any atom is -0.233 e. The van der Waals surface area contributed by atoms with Crippen LogP contribution in [0.15, 0.2) is 24.3 Å². The first-order valence-electron chi connectivity index (χ1n) is 7.97. The number of nitrogens with zero attached hydrogens (tertiary/aromatic N) is 2. The average molecular weight is 299 g/mol. The van der Waals surface area contributed by atoms with E-state index in [9.17, 15) is 0 Å². The number of aryl methyl sites for hydroxylation is 1. The smallest absolute Gasteiger partial charge is 0.161 e. The summed E-state index contributed by atoms with van der Waals surface area (Å²) in [5.41, 5.74) is 4.87. The van der Waals surface area contributed by atoms with Crippen LogP contribution in [0, 0.1) is 0 Å². The Balaban J connectivity index is 1.76. The molecular formula is C18H19ClN2. The zero-order valence-corrected chi connectivity index (χ0v) is 12.9. The molecule has 2 aliphatic rings. The number of benzene rings is 1. The highest BCUT2D eigenvalue weighted by molar-refractivity contribution is 6.30. The molecule has 0 saturated heterocycles. The van der Waals surface area contributed by atoms with Crippen molar-refractivity contribution in [1.82, 2.24) is 9.97 Å². The Morgan fingerprint density at radius 1 is 1.00 bits per heavy atom. The van der Waals surface area contributed by atoms with Gasteiger partial charge in [-0.15, -0.1) is 0 Å². The predicted octanol–water partition coefficient (Wildman–Crippen LogP) is 4.94. The normalized spacial score (nSPS) is 18.1. The lowest BCUT2D eigenvalue weighted by molar-refractivity contribution is 0.709. The topological polar surface area (TPSA) is 25.8 Å². The van der Waals surface area contributed by atoms with Crippen LogP contribution in [0.3, 0.4) is 0 Å². The monoisotopic (exact) mass is 298 g/mol. The molecule has 1 heterocycles. The molecule has 108 valence electrons. The molecule has 21 heavy (non-hydrogen) atoms. The van der Waals surface area contributed by atoms with E-state index in [0.717, 1.165) is 30.1 Å². The first-order valence-corrected chi connectivity index (χ1v) is 8.35. The van der Waals surface area contributed by atoms with Crippen molar-refractivity contribution in [3.63, 3.8) is 0 Å². The fraction of sp³-hybridized carbons (Fsp3) is 0.444. The average Bonchev–Trinajstić information content (AvgIpc) is 3.34. The third-order valence-corrected chi connectivity index (χ3v) is 4.89. The summed E-state index contributed by atoms with van der Waals surface area (Å²) in [4.78, 5) is 9.40. The number of aromatic nitrogens is 2. The number of hydrogen-bond acceptors (Lipinski definition) is 2. The fourth-order valence-corrected chi connectivity index (χ4v) is 3.49. The van der Waals surface area contributed by atoms with Crippen LogP contribution in [0.2, 0.25) is 5.15 Å². The second-order valence-electron chi connectivity index (χ2n) is 6.22. The molecule has 1 aromatic carbocycles. The largest absolute Gasteiger partial charge is 0.233 e. The molecule has 0 N–H and O–H groups in total. The molecule has 2 nitrogen and oxygen atoms in total. The van der Waals surface area contributed by atoms with Crippen molar-refractivity contribution in [1.29, 1.82) is 0 Å². The highest BCUT2D eigenvalue weighted by Gasteiger charge is 2.24. The lowest BCUT2D eigenvalue weighted by atomic mass is 10.1. The van der Waals surface area contributed by atoms with Gasteiger partial charge in [-0.05, 0) is 56.1 Å². The van der Waals surface area contributed by atoms with E-state index in [1.807, 2.05) is 0 Å². The lowest BCUT2D eigenvalue weighted by Crippen LogP contribution is -2.02. The second-order valence-corrected chi connectivity index (χ2v) is 6.58. The summed E-state index contributed by atoms with van der Waals surface area (Å²) in [5.74, 6) is 1.55. The van der Waals surface area contributed by atoms with Gasteiger partial charge in [0.05, 0.1) is 0 Å². The highest BCUT2D eigenvalue weighted by atomic mass is 35.5. The molecule has 0 atom stereocenters. The van der Waals surface area contributed by atoms with E-state index >= 15 is 0 Å². The van der Waals surface area contributed by atoms with Crippen LogP contribution in [0.4, 0.5) is 0 Å². The van der Waals surface area contributed by atoms with Gasteiger partial charge in [0.15, 0.2) is 5.82 Å². The molecule has 0 aliphatic heterocycles. The molecule has 2 aromatic rings. The van der Waals surface area contributed by atoms with Crippen molar-refractivity contribution in [3.05, 3.63) is 46.2 Å². The Labute approximate surface area is 130 Å². The summed E-state index contributed by atoms with van der Waals surface area (Å²) in [6.07, 6.45) is 8.36. The Kier molecular flexibility index (Phi) is 3.42. The van der Waals surface area contributed by atoms with E-state index in [-0.39, 0.29) is 0 Å². The summed E-state index contributed by atoms with van der Waals surface area (Å²) in [5, 5.41) is 0.661. The number of halogens is 1.